The van der Waals surface area contributed by atoms with Crippen LogP contribution in [0.5, 0.6) is 0 Å². The lowest BCUT2D eigenvalue weighted by Crippen LogP contribution is -2.17. The van der Waals surface area contributed by atoms with Gasteiger partial charge in [0.1, 0.15) is 11.1 Å². The lowest BCUT2D eigenvalue weighted by molar-refractivity contribution is -0.113. The van der Waals surface area contributed by atoms with E-state index in [0.717, 1.165) is 66.6 Å². The van der Waals surface area contributed by atoms with E-state index in [4.69, 9.17) is 4.98 Å². The van der Waals surface area contributed by atoms with E-state index in [1.54, 1.807) is 0 Å². The fraction of sp³-hybridized carbons (Fsp3) is 0.345. The number of thioether (sulfide) groups is 1. The molecule has 3 aromatic rings. The van der Waals surface area contributed by atoms with Gasteiger partial charge >= 0.3 is 0 Å². The number of carbonyl (C=O) groups is 1. The molecule has 1 aliphatic carbocycles. The average Bonchev–Trinajstić information content (AvgIpc) is 2.84. The summed E-state index contributed by atoms with van der Waals surface area (Å²) in [6.45, 7) is 6.09. The summed E-state index contributed by atoms with van der Waals surface area (Å²) in [4.78, 5) is 17.8. The molecule has 1 aromatic heterocycles. The Morgan fingerprint density at radius 3 is 2.38 bits per heavy atom. The zero-order chi connectivity index (χ0) is 24.1. The van der Waals surface area contributed by atoms with Crippen LogP contribution in [-0.4, -0.2) is 16.6 Å². The van der Waals surface area contributed by atoms with Crippen LogP contribution in [0.1, 0.15) is 57.5 Å². The summed E-state index contributed by atoms with van der Waals surface area (Å²) in [7, 11) is 0. The molecule has 0 atom stereocenters. The first-order valence-electron chi connectivity index (χ1n) is 12.0. The average molecular weight is 470 g/mol. The maximum Gasteiger partial charge on any atom is 0.234 e. The number of hydrogen-bond acceptors (Lipinski definition) is 4. The highest BCUT2D eigenvalue weighted by atomic mass is 32.2. The van der Waals surface area contributed by atoms with Gasteiger partial charge in [0.2, 0.25) is 5.91 Å². The predicted molar refractivity (Wildman–Crippen MR) is 139 cm³/mol. The lowest BCUT2D eigenvalue weighted by Gasteiger charge is -2.22. The van der Waals surface area contributed by atoms with Gasteiger partial charge in [-0.05, 0) is 87.1 Å². The summed E-state index contributed by atoms with van der Waals surface area (Å²) in [6.07, 6.45) is 5.91. The molecule has 0 fully saturated rings. The van der Waals surface area contributed by atoms with Crippen LogP contribution in [0.25, 0.3) is 0 Å². The van der Waals surface area contributed by atoms with Crippen molar-refractivity contribution in [2.45, 2.75) is 64.3 Å². The summed E-state index contributed by atoms with van der Waals surface area (Å²) in [6, 6.07) is 17.0. The van der Waals surface area contributed by atoms with E-state index in [1.165, 1.54) is 28.5 Å². The number of aromatic nitrogens is 1. The molecule has 1 amide bonds. The van der Waals surface area contributed by atoms with Crippen LogP contribution in [0, 0.1) is 32.1 Å². The Kier molecular flexibility index (Phi) is 7.70. The third-order valence-corrected chi connectivity index (χ3v) is 7.43. The predicted octanol–water partition coefficient (Wildman–Crippen LogP) is 6.27. The SMILES string of the molecule is Cc1cc(C)c(NC(=O)CSc2nc(CCc3ccccc3)c3c(c2C#N)CCCC3)c(C)c1. The van der Waals surface area contributed by atoms with Crippen LogP contribution in [0.15, 0.2) is 47.5 Å². The first-order chi connectivity index (χ1) is 16.5. The van der Waals surface area contributed by atoms with Gasteiger partial charge < -0.3 is 5.32 Å². The molecule has 5 heteroatoms. The topological polar surface area (TPSA) is 65.8 Å². The van der Waals surface area contributed by atoms with Crippen LogP contribution >= 0.6 is 11.8 Å². The van der Waals surface area contributed by atoms with Crippen molar-refractivity contribution in [2.24, 2.45) is 0 Å². The van der Waals surface area contributed by atoms with E-state index in [2.05, 4.69) is 54.7 Å². The van der Waals surface area contributed by atoms with Gasteiger partial charge in [0.15, 0.2) is 0 Å². The Bertz CT molecular complexity index is 1220. The van der Waals surface area contributed by atoms with Gasteiger partial charge in [0.05, 0.1) is 11.3 Å². The molecule has 1 aliphatic rings. The fourth-order valence-corrected chi connectivity index (χ4v) is 5.72. The molecule has 4 rings (SSSR count). The van der Waals surface area contributed by atoms with Crippen molar-refractivity contribution in [3.63, 3.8) is 0 Å². The number of rotatable bonds is 7. The third kappa shape index (κ3) is 5.51. The maximum atomic E-state index is 12.8. The van der Waals surface area contributed by atoms with Gasteiger partial charge in [-0.1, -0.05) is 59.8 Å². The van der Waals surface area contributed by atoms with Gasteiger partial charge in [-0.15, -0.1) is 0 Å². The highest BCUT2D eigenvalue weighted by Gasteiger charge is 2.23. The maximum absolute atomic E-state index is 12.8. The number of carbonyl (C=O) groups excluding carboxylic acids is 1. The van der Waals surface area contributed by atoms with Gasteiger partial charge in [-0.25, -0.2) is 4.98 Å². The van der Waals surface area contributed by atoms with Gasteiger partial charge in [0, 0.05) is 11.4 Å². The van der Waals surface area contributed by atoms with Crippen molar-refractivity contribution in [1.29, 1.82) is 5.26 Å². The van der Waals surface area contributed by atoms with E-state index in [9.17, 15) is 10.1 Å². The highest BCUT2D eigenvalue weighted by Crippen LogP contribution is 2.33. The Morgan fingerprint density at radius 2 is 1.71 bits per heavy atom. The van der Waals surface area contributed by atoms with Crippen molar-refractivity contribution >= 4 is 23.4 Å². The standard InChI is InChI=1S/C29H31N3OS/c1-19-15-20(2)28(21(3)16-19)32-27(33)18-34-29-25(17-30)23-11-7-8-12-24(23)26(31-29)14-13-22-9-5-4-6-10-22/h4-6,9-10,15-16H,7-8,11-14,18H2,1-3H3,(H,32,33). The zero-order valence-corrected chi connectivity index (χ0v) is 21.0. The molecule has 0 spiro atoms. The summed E-state index contributed by atoms with van der Waals surface area (Å²) in [5.41, 5.74) is 9.63. The normalized spacial score (nSPS) is 12.6. The summed E-state index contributed by atoms with van der Waals surface area (Å²) in [5.74, 6) is 0.153. The molecular formula is C29H31N3OS. The second kappa shape index (κ2) is 10.9. The zero-order valence-electron chi connectivity index (χ0n) is 20.2. The van der Waals surface area contributed by atoms with Gasteiger partial charge in [-0.2, -0.15) is 5.26 Å². The first-order valence-corrected chi connectivity index (χ1v) is 12.9. The number of nitriles is 1. The molecule has 0 saturated heterocycles. The molecule has 174 valence electrons. The van der Waals surface area contributed by atoms with Crippen LogP contribution in [-0.2, 0) is 30.5 Å². The van der Waals surface area contributed by atoms with E-state index < -0.39 is 0 Å². The fourth-order valence-electron chi connectivity index (χ4n) is 4.90. The summed E-state index contributed by atoms with van der Waals surface area (Å²) in [5, 5.41) is 13.7. The number of pyridine rings is 1. The van der Waals surface area contributed by atoms with Crippen molar-refractivity contribution in [3.05, 3.63) is 87.1 Å². The second-order valence-electron chi connectivity index (χ2n) is 9.11. The Hall–Kier alpha value is -3.10. The van der Waals surface area contributed by atoms with Gasteiger partial charge in [-0.3, -0.25) is 4.79 Å². The van der Waals surface area contributed by atoms with Crippen molar-refractivity contribution in [2.75, 3.05) is 11.1 Å². The minimum Gasteiger partial charge on any atom is -0.325 e. The number of aryl methyl sites for hydroxylation is 5. The molecule has 1 heterocycles. The van der Waals surface area contributed by atoms with Crippen LogP contribution in [0.4, 0.5) is 5.69 Å². The number of nitrogens with one attached hydrogen (secondary N) is 1. The summed E-state index contributed by atoms with van der Waals surface area (Å²) >= 11 is 1.38. The summed E-state index contributed by atoms with van der Waals surface area (Å²) < 4.78 is 0. The number of hydrogen-bond donors (Lipinski definition) is 1. The number of fused-ring (bicyclic) bond motifs is 1. The van der Waals surface area contributed by atoms with Crippen molar-refractivity contribution in [3.8, 4) is 6.07 Å². The molecule has 2 aromatic carbocycles. The van der Waals surface area contributed by atoms with Crippen LogP contribution in [0.3, 0.4) is 0 Å². The third-order valence-electron chi connectivity index (χ3n) is 6.45. The smallest absolute Gasteiger partial charge is 0.234 e. The van der Waals surface area contributed by atoms with Crippen LogP contribution < -0.4 is 5.32 Å². The molecule has 0 bridgehead atoms. The van der Waals surface area contributed by atoms with E-state index >= 15 is 0 Å². The number of nitrogens with zero attached hydrogens (tertiary/aromatic N) is 2. The van der Waals surface area contributed by atoms with E-state index in [-0.39, 0.29) is 11.7 Å². The minimum absolute atomic E-state index is 0.0747. The van der Waals surface area contributed by atoms with E-state index in [1.807, 2.05) is 19.9 Å². The molecule has 1 N–H and O–H groups in total. The van der Waals surface area contributed by atoms with Crippen molar-refractivity contribution < 1.29 is 4.79 Å². The van der Waals surface area contributed by atoms with E-state index in [0.29, 0.717) is 10.6 Å². The lowest BCUT2D eigenvalue weighted by atomic mass is 9.87. The largest absolute Gasteiger partial charge is 0.325 e. The molecule has 4 nitrogen and oxygen atoms in total. The molecular weight excluding hydrogens is 438 g/mol. The van der Waals surface area contributed by atoms with Gasteiger partial charge in [0.25, 0.3) is 0 Å². The van der Waals surface area contributed by atoms with Crippen LogP contribution in [0.2, 0.25) is 0 Å². The van der Waals surface area contributed by atoms with Crippen molar-refractivity contribution in [1.82, 2.24) is 4.98 Å². The monoisotopic (exact) mass is 469 g/mol. The minimum atomic E-state index is -0.0747. The molecule has 34 heavy (non-hydrogen) atoms. The number of benzene rings is 2. The second-order valence-corrected chi connectivity index (χ2v) is 10.1. The molecule has 0 saturated carbocycles. The number of anilines is 1. The Balaban J connectivity index is 1.55. The Labute approximate surface area is 206 Å². The molecule has 0 radical (unpaired) electrons. The highest BCUT2D eigenvalue weighted by molar-refractivity contribution is 8.00. The molecule has 0 aliphatic heterocycles. The Morgan fingerprint density at radius 1 is 1.03 bits per heavy atom. The quantitative estimate of drug-likeness (QED) is 0.414. The number of amides is 1. The first kappa shape index (κ1) is 24.0. The molecule has 0 unspecified atom stereocenters.